The molecule has 0 radical (unpaired) electrons. The summed E-state index contributed by atoms with van der Waals surface area (Å²) in [6.45, 7) is 4.11. The summed E-state index contributed by atoms with van der Waals surface area (Å²) in [4.78, 5) is 18.5. The van der Waals surface area contributed by atoms with E-state index in [1.807, 2.05) is 4.57 Å². The molecule has 0 saturated heterocycles. The SMILES string of the molecule is Cc1cc(C)cc(-n2cnc3ccc(=O)[nH]c32)c1. The van der Waals surface area contributed by atoms with Crippen LogP contribution in [0.3, 0.4) is 0 Å². The molecule has 0 atom stereocenters. The van der Waals surface area contributed by atoms with E-state index in [-0.39, 0.29) is 5.56 Å². The molecule has 0 amide bonds. The highest BCUT2D eigenvalue weighted by molar-refractivity contribution is 5.72. The van der Waals surface area contributed by atoms with E-state index in [0.29, 0.717) is 0 Å². The normalized spacial score (nSPS) is 11.0. The van der Waals surface area contributed by atoms with E-state index < -0.39 is 0 Å². The van der Waals surface area contributed by atoms with E-state index >= 15 is 0 Å². The number of pyridine rings is 1. The van der Waals surface area contributed by atoms with Gasteiger partial charge in [-0.2, -0.15) is 0 Å². The molecule has 4 heteroatoms. The van der Waals surface area contributed by atoms with Crippen LogP contribution in [0.2, 0.25) is 0 Å². The van der Waals surface area contributed by atoms with Crippen molar-refractivity contribution in [1.29, 1.82) is 0 Å². The Morgan fingerprint density at radius 2 is 1.83 bits per heavy atom. The Balaban J connectivity index is 2.31. The summed E-state index contributed by atoms with van der Waals surface area (Å²) in [7, 11) is 0. The van der Waals surface area contributed by atoms with Gasteiger partial charge in [0, 0.05) is 11.8 Å². The van der Waals surface area contributed by atoms with E-state index in [0.717, 1.165) is 16.9 Å². The lowest BCUT2D eigenvalue weighted by molar-refractivity contribution is 1.05. The van der Waals surface area contributed by atoms with Crippen molar-refractivity contribution in [3.8, 4) is 5.69 Å². The highest BCUT2D eigenvalue weighted by Crippen LogP contribution is 2.17. The van der Waals surface area contributed by atoms with Crippen LogP contribution in [-0.2, 0) is 0 Å². The van der Waals surface area contributed by atoms with Gasteiger partial charge in [-0.3, -0.25) is 9.36 Å². The lowest BCUT2D eigenvalue weighted by Crippen LogP contribution is -2.05. The molecule has 90 valence electrons. The van der Waals surface area contributed by atoms with Crippen molar-refractivity contribution in [3.63, 3.8) is 0 Å². The van der Waals surface area contributed by atoms with Gasteiger partial charge in [0.1, 0.15) is 17.5 Å². The van der Waals surface area contributed by atoms with Gasteiger partial charge in [-0.15, -0.1) is 0 Å². The van der Waals surface area contributed by atoms with Gasteiger partial charge in [0.05, 0.1) is 0 Å². The smallest absolute Gasteiger partial charge is 0.249 e. The van der Waals surface area contributed by atoms with Crippen molar-refractivity contribution in [2.45, 2.75) is 13.8 Å². The first kappa shape index (κ1) is 10.8. The zero-order chi connectivity index (χ0) is 12.7. The van der Waals surface area contributed by atoms with Crippen LogP contribution in [0.25, 0.3) is 16.9 Å². The summed E-state index contributed by atoms with van der Waals surface area (Å²) in [6.07, 6.45) is 1.73. The van der Waals surface area contributed by atoms with Crippen molar-refractivity contribution in [2.75, 3.05) is 0 Å². The number of hydrogen-bond donors (Lipinski definition) is 1. The number of H-pyrrole nitrogens is 1. The van der Waals surface area contributed by atoms with Crippen LogP contribution >= 0.6 is 0 Å². The maximum atomic E-state index is 11.4. The molecule has 1 N–H and O–H groups in total. The van der Waals surface area contributed by atoms with Crippen LogP contribution in [0, 0.1) is 13.8 Å². The number of nitrogens with zero attached hydrogens (tertiary/aromatic N) is 2. The zero-order valence-electron chi connectivity index (χ0n) is 10.3. The second-order valence-corrected chi connectivity index (χ2v) is 4.52. The molecular formula is C14H13N3O. The van der Waals surface area contributed by atoms with Crippen LogP contribution in [-0.4, -0.2) is 14.5 Å². The molecular weight excluding hydrogens is 226 g/mol. The predicted molar refractivity (Wildman–Crippen MR) is 71.2 cm³/mol. The fraction of sp³-hybridized carbons (Fsp3) is 0.143. The quantitative estimate of drug-likeness (QED) is 0.708. The molecule has 2 aromatic heterocycles. The molecule has 0 spiro atoms. The molecule has 3 aromatic rings. The molecule has 0 aliphatic carbocycles. The standard InChI is InChI=1S/C14H13N3O/c1-9-5-10(2)7-11(6-9)17-8-15-12-3-4-13(18)16-14(12)17/h3-8H,1-2H3,(H,16,18). The average molecular weight is 239 g/mol. The number of hydrogen-bond acceptors (Lipinski definition) is 2. The Bertz CT molecular complexity index is 763. The van der Waals surface area contributed by atoms with E-state index in [4.69, 9.17) is 0 Å². The minimum atomic E-state index is -0.117. The lowest BCUT2D eigenvalue weighted by atomic mass is 10.1. The third-order valence-corrected chi connectivity index (χ3v) is 2.91. The van der Waals surface area contributed by atoms with Gasteiger partial charge in [0.15, 0.2) is 0 Å². The van der Waals surface area contributed by atoms with Gasteiger partial charge in [0.2, 0.25) is 5.56 Å². The molecule has 0 saturated carbocycles. The minimum absolute atomic E-state index is 0.117. The van der Waals surface area contributed by atoms with E-state index in [1.165, 1.54) is 17.2 Å². The van der Waals surface area contributed by atoms with Crippen molar-refractivity contribution in [3.05, 3.63) is 58.1 Å². The van der Waals surface area contributed by atoms with Crippen LogP contribution in [0.15, 0.2) is 41.5 Å². The second kappa shape index (κ2) is 3.84. The topological polar surface area (TPSA) is 50.7 Å². The first-order valence-electron chi connectivity index (χ1n) is 5.78. The second-order valence-electron chi connectivity index (χ2n) is 4.52. The summed E-state index contributed by atoms with van der Waals surface area (Å²) in [5.74, 6) is 0. The fourth-order valence-corrected chi connectivity index (χ4v) is 2.21. The number of fused-ring (bicyclic) bond motifs is 1. The molecule has 4 nitrogen and oxygen atoms in total. The number of aromatic amines is 1. The number of imidazole rings is 1. The Kier molecular flexibility index (Phi) is 2.30. The average Bonchev–Trinajstić information content (AvgIpc) is 2.70. The molecule has 0 fully saturated rings. The highest BCUT2D eigenvalue weighted by Gasteiger charge is 2.06. The molecule has 0 aliphatic rings. The molecule has 18 heavy (non-hydrogen) atoms. The number of aryl methyl sites for hydroxylation is 2. The van der Waals surface area contributed by atoms with Gasteiger partial charge >= 0.3 is 0 Å². The van der Waals surface area contributed by atoms with Crippen LogP contribution < -0.4 is 5.56 Å². The largest absolute Gasteiger partial charge is 0.306 e. The van der Waals surface area contributed by atoms with Crippen molar-refractivity contribution in [2.24, 2.45) is 0 Å². The minimum Gasteiger partial charge on any atom is -0.306 e. The van der Waals surface area contributed by atoms with E-state index in [1.54, 1.807) is 12.4 Å². The van der Waals surface area contributed by atoms with Crippen molar-refractivity contribution in [1.82, 2.24) is 14.5 Å². The number of aromatic nitrogens is 3. The summed E-state index contributed by atoms with van der Waals surface area (Å²) in [6, 6.07) is 9.47. The fourth-order valence-electron chi connectivity index (χ4n) is 2.21. The maximum absolute atomic E-state index is 11.4. The third kappa shape index (κ3) is 1.72. The Morgan fingerprint density at radius 3 is 2.56 bits per heavy atom. The molecule has 3 rings (SSSR count). The van der Waals surface area contributed by atoms with Crippen molar-refractivity contribution >= 4 is 11.2 Å². The first-order chi connectivity index (χ1) is 8.63. The first-order valence-corrected chi connectivity index (χ1v) is 5.78. The Hall–Kier alpha value is -2.36. The number of nitrogens with one attached hydrogen (secondary N) is 1. The van der Waals surface area contributed by atoms with Gasteiger partial charge in [-0.05, 0) is 43.2 Å². The number of benzene rings is 1. The summed E-state index contributed by atoms with van der Waals surface area (Å²) < 4.78 is 1.90. The highest BCUT2D eigenvalue weighted by atomic mass is 16.1. The zero-order valence-corrected chi connectivity index (χ0v) is 10.3. The van der Waals surface area contributed by atoms with Gasteiger partial charge < -0.3 is 4.98 Å². The summed E-state index contributed by atoms with van der Waals surface area (Å²) in [5, 5.41) is 0. The predicted octanol–water partition coefficient (Wildman–Crippen LogP) is 2.33. The number of rotatable bonds is 1. The molecule has 0 bridgehead atoms. The van der Waals surface area contributed by atoms with Gasteiger partial charge in [0.25, 0.3) is 0 Å². The van der Waals surface area contributed by atoms with Crippen LogP contribution in [0.1, 0.15) is 11.1 Å². The molecule has 1 aromatic carbocycles. The van der Waals surface area contributed by atoms with Crippen LogP contribution in [0.5, 0.6) is 0 Å². The molecule has 0 unspecified atom stereocenters. The van der Waals surface area contributed by atoms with Gasteiger partial charge in [-0.25, -0.2) is 4.98 Å². The summed E-state index contributed by atoms with van der Waals surface area (Å²) >= 11 is 0. The van der Waals surface area contributed by atoms with Crippen molar-refractivity contribution < 1.29 is 0 Å². The molecule has 0 aliphatic heterocycles. The summed E-state index contributed by atoms with van der Waals surface area (Å²) in [5.41, 5.74) is 4.78. The molecule has 2 heterocycles. The monoisotopic (exact) mass is 239 g/mol. The Morgan fingerprint density at radius 1 is 1.11 bits per heavy atom. The van der Waals surface area contributed by atoms with E-state index in [2.05, 4.69) is 42.0 Å². The maximum Gasteiger partial charge on any atom is 0.249 e. The Labute approximate surface area is 104 Å². The van der Waals surface area contributed by atoms with Crippen LogP contribution in [0.4, 0.5) is 0 Å². The van der Waals surface area contributed by atoms with E-state index in [9.17, 15) is 4.79 Å². The third-order valence-electron chi connectivity index (χ3n) is 2.91. The van der Waals surface area contributed by atoms with Gasteiger partial charge in [-0.1, -0.05) is 6.07 Å². The lowest BCUT2D eigenvalue weighted by Gasteiger charge is -2.06.